The van der Waals surface area contributed by atoms with Crippen molar-refractivity contribution in [1.29, 1.82) is 0 Å². The molecule has 17 heavy (non-hydrogen) atoms. The van der Waals surface area contributed by atoms with Crippen LogP contribution in [0.3, 0.4) is 0 Å². The highest BCUT2D eigenvalue weighted by molar-refractivity contribution is 5.07. The molecule has 0 saturated heterocycles. The fourth-order valence-corrected chi connectivity index (χ4v) is 1.57. The van der Waals surface area contributed by atoms with E-state index < -0.39 is 0 Å². The van der Waals surface area contributed by atoms with Crippen LogP contribution >= 0.6 is 0 Å². The Kier molecular flexibility index (Phi) is 3.82. The molecule has 0 fully saturated rings. The van der Waals surface area contributed by atoms with Crippen molar-refractivity contribution in [2.45, 2.75) is 26.3 Å². The van der Waals surface area contributed by atoms with Crippen LogP contribution in [0, 0.1) is 6.92 Å². The van der Waals surface area contributed by atoms with E-state index in [1.54, 1.807) is 6.20 Å². The van der Waals surface area contributed by atoms with E-state index in [0.29, 0.717) is 11.7 Å². The van der Waals surface area contributed by atoms with E-state index in [1.807, 2.05) is 25.1 Å². The summed E-state index contributed by atoms with van der Waals surface area (Å²) in [4.78, 5) is 8.44. The van der Waals surface area contributed by atoms with E-state index in [4.69, 9.17) is 4.52 Å². The maximum atomic E-state index is 5.04. The van der Waals surface area contributed by atoms with Gasteiger partial charge in [-0.05, 0) is 26.0 Å². The summed E-state index contributed by atoms with van der Waals surface area (Å²) < 4.78 is 5.04. The first-order valence-corrected chi connectivity index (χ1v) is 5.69. The summed E-state index contributed by atoms with van der Waals surface area (Å²) in [5.74, 6) is 1.35. The Labute approximate surface area is 100 Å². The summed E-state index contributed by atoms with van der Waals surface area (Å²) in [6, 6.07) is 6.13. The zero-order chi connectivity index (χ0) is 12.1. The zero-order valence-electron chi connectivity index (χ0n) is 10.1. The standard InChI is InChI=1S/C12H16N4O/c1-9(11-5-3-4-7-14-11)13-8-6-12-15-10(2)16-17-12/h3-5,7,9,13H,6,8H2,1-2H3. The number of hydrogen-bond acceptors (Lipinski definition) is 5. The number of aryl methyl sites for hydroxylation is 1. The molecule has 0 aromatic carbocycles. The van der Waals surface area contributed by atoms with Crippen LogP contribution in [0.5, 0.6) is 0 Å². The van der Waals surface area contributed by atoms with Crippen LogP contribution in [0.15, 0.2) is 28.9 Å². The smallest absolute Gasteiger partial charge is 0.227 e. The first-order chi connectivity index (χ1) is 8.25. The van der Waals surface area contributed by atoms with Gasteiger partial charge in [0.15, 0.2) is 5.82 Å². The second-order valence-electron chi connectivity index (χ2n) is 3.92. The lowest BCUT2D eigenvalue weighted by Gasteiger charge is -2.11. The molecule has 0 bridgehead atoms. The molecular formula is C12H16N4O. The van der Waals surface area contributed by atoms with Gasteiger partial charge in [-0.3, -0.25) is 4.98 Å². The van der Waals surface area contributed by atoms with Crippen LogP contribution in [0.25, 0.3) is 0 Å². The maximum absolute atomic E-state index is 5.04. The van der Waals surface area contributed by atoms with Crippen molar-refractivity contribution in [2.24, 2.45) is 0 Å². The van der Waals surface area contributed by atoms with Crippen molar-refractivity contribution < 1.29 is 4.52 Å². The lowest BCUT2D eigenvalue weighted by molar-refractivity contribution is 0.370. The van der Waals surface area contributed by atoms with Crippen LogP contribution in [0.4, 0.5) is 0 Å². The van der Waals surface area contributed by atoms with Crippen LogP contribution in [-0.4, -0.2) is 21.7 Å². The summed E-state index contributed by atoms with van der Waals surface area (Å²) in [5.41, 5.74) is 1.04. The Balaban J connectivity index is 1.79. The van der Waals surface area contributed by atoms with E-state index >= 15 is 0 Å². The van der Waals surface area contributed by atoms with Gasteiger partial charge in [-0.2, -0.15) is 4.98 Å². The maximum Gasteiger partial charge on any atom is 0.227 e. The fraction of sp³-hybridized carbons (Fsp3) is 0.417. The van der Waals surface area contributed by atoms with E-state index in [2.05, 4.69) is 27.4 Å². The average Bonchev–Trinajstić information content (AvgIpc) is 2.76. The molecule has 0 spiro atoms. The average molecular weight is 232 g/mol. The Hall–Kier alpha value is -1.75. The van der Waals surface area contributed by atoms with Crippen LogP contribution in [0.1, 0.15) is 30.4 Å². The second-order valence-corrected chi connectivity index (χ2v) is 3.92. The Morgan fingerprint density at radius 2 is 2.29 bits per heavy atom. The van der Waals surface area contributed by atoms with E-state index in [9.17, 15) is 0 Å². The number of rotatable bonds is 5. The molecule has 2 rings (SSSR count). The molecule has 5 nitrogen and oxygen atoms in total. The summed E-state index contributed by atoms with van der Waals surface area (Å²) in [7, 11) is 0. The van der Waals surface area contributed by atoms with Crippen molar-refractivity contribution in [1.82, 2.24) is 20.4 Å². The third-order valence-corrected chi connectivity index (χ3v) is 2.49. The topological polar surface area (TPSA) is 63.8 Å². The lowest BCUT2D eigenvalue weighted by atomic mass is 10.2. The highest BCUT2D eigenvalue weighted by Crippen LogP contribution is 2.07. The highest BCUT2D eigenvalue weighted by atomic mass is 16.5. The molecule has 2 heterocycles. The van der Waals surface area contributed by atoms with Gasteiger partial charge in [0.05, 0.1) is 5.69 Å². The van der Waals surface area contributed by atoms with Crippen molar-refractivity contribution in [3.63, 3.8) is 0 Å². The third kappa shape index (κ3) is 3.35. The number of aromatic nitrogens is 3. The van der Waals surface area contributed by atoms with Crippen LogP contribution in [0.2, 0.25) is 0 Å². The van der Waals surface area contributed by atoms with Crippen molar-refractivity contribution in [2.75, 3.05) is 6.54 Å². The molecule has 2 aromatic heterocycles. The molecule has 0 aliphatic carbocycles. The Morgan fingerprint density at radius 1 is 1.41 bits per heavy atom. The molecule has 90 valence electrons. The molecule has 1 N–H and O–H groups in total. The molecule has 0 aliphatic heterocycles. The molecular weight excluding hydrogens is 216 g/mol. The lowest BCUT2D eigenvalue weighted by Crippen LogP contribution is -2.22. The van der Waals surface area contributed by atoms with Gasteiger partial charge in [0.2, 0.25) is 5.89 Å². The minimum Gasteiger partial charge on any atom is -0.339 e. The van der Waals surface area contributed by atoms with Gasteiger partial charge in [0, 0.05) is 25.2 Å². The van der Waals surface area contributed by atoms with Gasteiger partial charge in [0.25, 0.3) is 0 Å². The molecule has 0 saturated carbocycles. The highest BCUT2D eigenvalue weighted by Gasteiger charge is 2.06. The summed E-state index contributed by atoms with van der Waals surface area (Å²) in [6.07, 6.45) is 2.53. The first kappa shape index (κ1) is 11.7. The monoisotopic (exact) mass is 232 g/mol. The molecule has 0 amide bonds. The minimum absolute atomic E-state index is 0.222. The predicted molar refractivity (Wildman–Crippen MR) is 63.4 cm³/mol. The summed E-state index contributed by atoms with van der Waals surface area (Å²) in [6.45, 7) is 4.69. The van der Waals surface area contributed by atoms with E-state index in [-0.39, 0.29) is 6.04 Å². The van der Waals surface area contributed by atoms with Gasteiger partial charge in [-0.25, -0.2) is 0 Å². The number of nitrogens with one attached hydrogen (secondary N) is 1. The Bertz CT molecular complexity index is 455. The molecule has 1 unspecified atom stereocenters. The summed E-state index contributed by atoms with van der Waals surface area (Å²) in [5, 5.41) is 7.11. The predicted octanol–water partition coefficient (Wildman–Crippen LogP) is 1.67. The van der Waals surface area contributed by atoms with Gasteiger partial charge in [-0.15, -0.1) is 0 Å². The van der Waals surface area contributed by atoms with Crippen molar-refractivity contribution in [3.8, 4) is 0 Å². The number of nitrogens with zero attached hydrogens (tertiary/aromatic N) is 3. The molecule has 5 heteroatoms. The molecule has 0 aliphatic rings. The van der Waals surface area contributed by atoms with Crippen LogP contribution in [-0.2, 0) is 6.42 Å². The second kappa shape index (κ2) is 5.54. The Morgan fingerprint density at radius 3 is 2.94 bits per heavy atom. The largest absolute Gasteiger partial charge is 0.339 e. The third-order valence-electron chi connectivity index (χ3n) is 2.49. The normalized spacial score (nSPS) is 12.6. The molecule has 2 aromatic rings. The SMILES string of the molecule is Cc1noc(CCNC(C)c2ccccn2)n1. The van der Waals surface area contributed by atoms with E-state index in [0.717, 1.165) is 18.7 Å². The van der Waals surface area contributed by atoms with E-state index in [1.165, 1.54) is 0 Å². The number of pyridine rings is 1. The molecule has 0 radical (unpaired) electrons. The number of hydrogen-bond donors (Lipinski definition) is 1. The quantitative estimate of drug-likeness (QED) is 0.849. The van der Waals surface area contributed by atoms with Crippen LogP contribution < -0.4 is 5.32 Å². The van der Waals surface area contributed by atoms with Gasteiger partial charge < -0.3 is 9.84 Å². The van der Waals surface area contributed by atoms with Gasteiger partial charge >= 0.3 is 0 Å². The zero-order valence-corrected chi connectivity index (χ0v) is 10.1. The van der Waals surface area contributed by atoms with Gasteiger partial charge in [-0.1, -0.05) is 11.2 Å². The van der Waals surface area contributed by atoms with Crippen molar-refractivity contribution in [3.05, 3.63) is 41.8 Å². The van der Waals surface area contributed by atoms with Gasteiger partial charge in [0.1, 0.15) is 0 Å². The fourth-order valence-electron chi connectivity index (χ4n) is 1.57. The van der Waals surface area contributed by atoms with Crippen molar-refractivity contribution >= 4 is 0 Å². The molecule has 1 atom stereocenters. The minimum atomic E-state index is 0.222. The summed E-state index contributed by atoms with van der Waals surface area (Å²) >= 11 is 0. The first-order valence-electron chi connectivity index (χ1n) is 5.69.